The third kappa shape index (κ3) is 4.86. The van der Waals surface area contributed by atoms with Gasteiger partial charge in [0.05, 0.1) is 0 Å². The molecule has 0 aliphatic carbocycles. The smallest absolute Gasteiger partial charge is 0.251 e. The number of hydrogen-bond donors (Lipinski definition) is 1. The van der Waals surface area contributed by atoms with Gasteiger partial charge >= 0.3 is 0 Å². The lowest BCUT2D eigenvalue weighted by molar-refractivity contribution is 0.0954. The number of rotatable bonds is 5. The molecule has 0 aromatic carbocycles. The largest absolute Gasteiger partial charge is 0.351 e. The lowest BCUT2D eigenvalue weighted by Crippen LogP contribution is -2.33. The molecule has 1 unspecified atom stereocenters. The van der Waals surface area contributed by atoms with E-state index in [0.29, 0.717) is 16.0 Å². The molecule has 1 saturated heterocycles. The van der Waals surface area contributed by atoms with E-state index in [9.17, 15) is 4.79 Å². The topological polar surface area (TPSA) is 42.0 Å². The van der Waals surface area contributed by atoms with Gasteiger partial charge < -0.3 is 5.32 Å². The highest BCUT2D eigenvalue weighted by atomic mass is 35.5. The summed E-state index contributed by atoms with van der Waals surface area (Å²) in [6.45, 7) is 2.81. The minimum atomic E-state index is -0.0529. The first kappa shape index (κ1) is 16.0. The van der Waals surface area contributed by atoms with Crippen molar-refractivity contribution >= 4 is 41.0 Å². The number of thioether (sulfide) groups is 2. The average Bonchev–Trinajstić information content (AvgIpc) is 2.45. The maximum Gasteiger partial charge on any atom is 0.251 e. The van der Waals surface area contributed by atoms with E-state index in [4.69, 9.17) is 11.6 Å². The van der Waals surface area contributed by atoms with Crippen molar-refractivity contribution < 1.29 is 4.79 Å². The molecule has 2 heterocycles. The number of hydrogen-bond acceptors (Lipinski definition) is 4. The third-order valence-electron chi connectivity index (χ3n) is 2.99. The maximum atomic E-state index is 12.2. The number of amides is 1. The Balaban J connectivity index is 1.93. The number of aryl methyl sites for hydroxylation is 1. The van der Waals surface area contributed by atoms with Gasteiger partial charge in [0.15, 0.2) is 0 Å². The predicted molar refractivity (Wildman–Crippen MR) is 89.1 cm³/mol. The standard InChI is InChI=1S/C14H19ClN2OS2/c1-2-3-11-6-10(7-13(15)17-11)14(18)16-8-12-9-19-4-5-20-12/h6-7,12H,2-5,8-9H2,1H3,(H,16,18). The van der Waals surface area contributed by atoms with Gasteiger partial charge in [0.2, 0.25) is 0 Å². The second-order valence-electron chi connectivity index (χ2n) is 4.70. The van der Waals surface area contributed by atoms with Crippen molar-refractivity contribution in [1.29, 1.82) is 0 Å². The number of carbonyl (C=O) groups is 1. The van der Waals surface area contributed by atoms with E-state index >= 15 is 0 Å². The first-order valence-electron chi connectivity index (χ1n) is 6.83. The summed E-state index contributed by atoms with van der Waals surface area (Å²) in [6.07, 6.45) is 1.83. The molecule has 2 rings (SSSR count). The molecule has 0 bridgehead atoms. The molecule has 0 spiro atoms. The van der Waals surface area contributed by atoms with Gasteiger partial charge in [-0.15, -0.1) is 0 Å². The van der Waals surface area contributed by atoms with Gasteiger partial charge in [-0.05, 0) is 18.6 Å². The average molecular weight is 331 g/mol. The van der Waals surface area contributed by atoms with Crippen molar-refractivity contribution in [3.05, 3.63) is 28.5 Å². The molecular formula is C14H19ClN2OS2. The summed E-state index contributed by atoms with van der Waals surface area (Å²) >= 11 is 9.88. The number of pyridine rings is 1. The predicted octanol–water partition coefficient (Wildman–Crippen LogP) is 3.27. The molecule has 0 saturated carbocycles. The highest BCUT2D eigenvalue weighted by molar-refractivity contribution is 8.06. The van der Waals surface area contributed by atoms with E-state index in [-0.39, 0.29) is 5.91 Å². The van der Waals surface area contributed by atoms with Crippen LogP contribution in [-0.2, 0) is 6.42 Å². The first-order chi connectivity index (χ1) is 9.69. The lowest BCUT2D eigenvalue weighted by atomic mass is 10.1. The zero-order valence-electron chi connectivity index (χ0n) is 11.5. The molecule has 1 aromatic rings. The van der Waals surface area contributed by atoms with Gasteiger partial charge in [0.25, 0.3) is 5.91 Å². The molecular weight excluding hydrogens is 312 g/mol. The molecule has 110 valence electrons. The Kier molecular flexibility index (Phi) is 6.52. The molecule has 0 radical (unpaired) electrons. The van der Waals surface area contributed by atoms with Gasteiger partial charge in [-0.2, -0.15) is 23.5 Å². The molecule has 1 aromatic heterocycles. The zero-order chi connectivity index (χ0) is 14.4. The van der Waals surface area contributed by atoms with Crippen LogP contribution in [0.15, 0.2) is 12.1 Å². The summed E-state index contributed by atoms with van der Waals surface area (Å²) in [5, 5.41) is 3.92. The number of carbonyl (C=O) groups excluding carboxylic acids is 1. The van der Waals surface area contributed by atoms with Gasteiger partial charge in [-0.25, -0.2) is 4.98 Å². The minimum Gasteiger partial charge on any atom is -0.351 e. The summed E-state index contributed by atoms with van der Waals surface area (Å²) in [7, 11) is 0. The van der Waals surface area contributed by atoms with Crippen LogP contribution in [0.5, 0.6) is 0 Å². The Morgan fingerprint density at radius 2 is 2.35 bits per heavy atom. The van der Waals surface area contributed by atoms with Crippen molar-refractivity contribution in [3.8, 4) is 0 Å². The van der Waals surface area contributed by atoms with Crippen molar-refractivity contribution in [2.24, 2.45) is 0 Å². The highest BCUT2D eigenvalue weighted by Crippen LogP contribution is 2.23. The second kappa shape index (κ2) is 8.15. The third-order valence-corrected chi connectivity index (χ3v) is 6.03. The lowest BCUT2D eigenvalue weighted by Gasteiger charge is -2.21. The molecule has 3 nitrogen and oxygen atoms in total. The monoisotopic (exact) mass is 330 g/mol. The van der Waals surface area contributed by atoms with Crippen LogP contribution in [0.1, 0.15) is 29.4 Å². The first-order valence-corrected chi connectivity index (χ1v) is 9.41. The van der Waals surface area contributed by atoms with E-state index in [1.807, 2.05) is 29.6 Å². The Labute approximate surface area is 133 Å². The van der Waals surface area contributed by atoms with E-state index in [1.165, 1.54) is 11.5 Å². The Hall–Kier alpha value is -0.390. The molecule has 6 heteroatoms. The van der Waals surface area contributed by atoms with Crippen molar-refractivity contribution in [1.82, 2.24) is 10.3 Å². The summed E-state index contributed by atoms with van der Waals surface area (Å²) in [5.41, 5.74) is 1.50. The zero-order valence-corrected chi connectivity index (χ0v) is 13.9. The molecule has 1 amide bonds. The van der Waals surface area contributed by atoms with Crippen molar-refractivity contribution in [2.45, 2.75) is 25.0 Å². The maximum absolute atomic E-state index is 12.2. The van der Waals surface area contributed by atoms with Crippen molar-refractivity contribution in [2.75, 3.05) is 23.8 Å². The van der Waals surface area contributed by atoms with Gasteiger partial charge in [-0.3, -0.25) is 4.79 Å². The van der Waals surface area contributed by atoms with Crippen LogP contribution in [-0.4, -0.2) is 39.9 Å². The van der Waals surface area contributed by atoms with Crippen LogP contribution in [0.25, 0.3) is 0 Å². The Morgan fingerprint density at radius 3 is 3.05 bits per heavy atom. The fourth-order valence-corrected chi connectivity index (χ4v) is 4.87. The van der Waals surface area contributed by atoms with Crippen LogP contribution in [0.3, 0.4) is 0 Å². The van der Waals surface area contributed by atoms with E-state index in [0.717, 1.165) is 30.8 Å². The number of halogens is 1. The molecule has 1 aliphatic rings. The van der Waals surface area contributed by atoms with Crippen LogP contribution < -0.4 is 5.32 Å². The number of aromatic nitrogens is 1. The molecule has 20 heavy (non-hydrogen) atoms. The van der Waals surface area contributed by atoms with E-state index < -0.39 is 0 Å². The van der Waals surface area contributed by atoms with Crippen LogP contribution in [0.4, 0.5) is 0 Å². The highest BCUT2D eigenvalue weighted by Gasteiger charge is 2.16. The fraction of sp³-hybridized carbons (Fsp3) is 0.571. The Morgan fingerprint density at radius 1 is 1.50 bits per heavy atom. The van der Waals surface area contributed by atoms with E-state index in [2.05, 4.69) is 17.2 Å². The molecule has 1 aliphatic heterocycles. The van der Waals surface area contributed by atoms with Gasteiger partial charge in [-0.1, -0.05) is 24.9 Å². The minimum absolute atomic E-state index is 0.0529. The molecule has 1 atom stereocenters. The van der Waals surface area contributed by atoms with Crippen molar-refractivity contribution in [3.63, 3.8) is 0 Å². The SMILES string of the molecule is CCCc1cc(C(=O)NCC2CSCCS2)cc(Cl)n1. The van der Waals surface area contributed by atoms with Crippen LogP contribution in [0.2, 0.25) is 5.15 Å². The second-order valence-corrected chi connectivity index (χ2v) is 7.64. The summed E-state index contributed by atoms with van der Waals surface area (Å²) in [5.74, 6) is 3.45. The quantitative estimate of drug-likeness (QED) is 0.841. The summed E-state index contributed by atoms with van der Waals surface area (Å²) in [6, 6.07) is 3.48. The Bertz CT molecular complexity index is 464. The summed E-state index contributed by atoms with van der Waals surface area (Å²) < 4.78 is 0. The van der Waals surface area contributed by atoms with Crippen LogP contribution >= 0.6 is 35.1 Å². The molecule has 1 fully saturated rings. The normalized spacial score (nSPS) is 18.8. The summed E-state index contributed by atoms with van der Waals surface area (Å²) in [4.78, 5) is 16.4. The van der Waals surface area contributed by atoms with E-state index in [1.54, 1.807) is 6.07 Å². The fourth-order valence-electron chi connectivity index (χ4n) is 2.03. The van der Waals surface area contributed by atoms with Crippen LogP contribution in [0, 0.1) is 0 Å². The number of nitrogens with zero attached hydrogens (tertiary/aromatic N) is 1. The van der Waals surface area contributed by atoms with Gasteiger partial charge in [0, 0.05) is 40.3 Å². The molecule has 1 N–H and O–H groups in total. The number of nitrogens with one attached hydrogen (secondary N) is 1. The van der Waals surface area contributed by atoms with Gasteiger partial charge in [0.1, 0.15) is 5.15 Å².